The summed E-state index contributed by atoms with van der Waals surface area (Å²) in [5.74, 6) is 6.03. The number of aryl methyl sites for hydroxylation is 1. The number of nitriles is 1. The fourth-order valence-electron chi connectivity index (χ4n) is 1.03. The summed E-state index contributed by atoms with van der Waals surface area (Å²) in [5, 5.41) is 9.69. The molecule has 0 fully saturated rings. The van der Waals surface area contributed by atoms with Gasteiger partial charge in [0.05, 0.1) is 11.6 Å². The zero-order valence-corrected chi connectivity index (χ0v) is 9.56. The smallest absolute Gasteiger partial charge is 0.0994 e. The molecule has 1 rings (SSSR count). The molecule has 0 atom stereocenters. The van der Waals surface area contributed by atoms with Crippen LogP contribution in [0, 0.1) is 30.1 Å². The number of hydrogen-bond donors (Lipinski definition) is 0. The Balaban J connectivity index is 2.93. The van der Waals surface area contributed by atoms with Gasteiger partial charge in [0.25, 0.3) is 0 Å². The third-order valence-corrected chi connectivity index (χ3v) is 2.21. The van der Waals surface area contributed by atoms with Crippen LogP contribution in [0.1, 0.15) is 23.1 Å². The Bertz CT molecular complexity index is 418. The molecule has 0 aliphatic carbocycles. The van der Waals surface area contributed by atoms with E-state index in [0.29, 0.717) is 5.56 Å². The maximum Gasteiger partial charge on any atom is 0.0994 e. The Labute approximate surface area is 92.9 Å². The third-order valence-electron chi connectivity index (χ3n) is 1.81. The lowest BCUT2D eigenvalue weighted by atomic mass is 10.1. The monoisotopic (exact) mass is 247 g/mol. The molecule has 1 aromatic carbocycles. The van der Waals surface area contributed by atoms with Crippen LogP contribution in [-0.2, 0) is 0 Å². The van der Waals surface area contributed by atoms with Gasteiger partial charge >= 0.3 is 0 Å². The summed E-state index contributed by atoms with van der Waals surface area (Å²) in [5.41, 5.74) is 2.61. The lowest BCUT2D eigenvalue weighted by Crippen LogP contribution is -1.83. The first-order valence-electron chi connectivity index (χ1n) is 4.33. The maximum atomic E-state index is 8.81. The van der Waals surface area contributed by atoms with Crippen molar-refractivity contribution in [3.63, 3.8) is 0 Å². The average molecular weight is 248 g/mol. The summed E-state index contributed by atoms with van der Waals surface area (Å²) in [7, 11) is 0. The van der Waals surface area contributed by atoms with Gasteiger partial charge in [0.15, 0.2) is 0 Å². The fraction of sp³-hybridized carbons (Fsp3) is 0.250. The number of rotatable bonds is 1. The molecule has 0 spiro atoms. The van der Waals surface area contributed by atoms with Gasteiger partial charge in [0, 0.05) is 17.3 Å². The summed E-state index contributed by atoms with van der Waals surface area (Å²) in [6.45, 7) is 1.92. The molecule has 0 aromatic heterocycles. The van der Waals surface area contributed by atoms with E-state index in [1.54, 1.807) is 0 Å². The van der Waals surface area contributed by atoms with E-state index in [1.165, 1.54) is 0 Å². The molecule has 1 aromatic rings. The van der Waals surface area contributed by atoms with E-state index in [9.17, 15) is 0 Å². The quantitative estimate of drug-likeness (QED) is 0.553. The van der Waals surface area contributed by atoms with Crippen LogP contribution in [0.4, 0.5) is 0 Å². The van der Waals surface area contributed by atoms with Crippen LogP contribution in [0.25, 0.3) is 0 Å². The van der Waals surface area contributed by atoms with E-state index in [2.05, 4.69) is 33.8 Å². The Morgan fingerprint density at radius 2 is 2.21 bits per heavy atom. The molecular weight excluding hydrogens is 238 g/mol. The van der Waals surface area contributed by atoms with Gasteiger partial charge in [-0.25, -0.2) is 0 Å². The molecule has 0 radical (unpaired) electrons. The molecule has 0 bridgehead atoms. The maximum absolute atomic E-state index is 8.81. The summed E-state index contributed by atoms with van der Waals surface area (Å²) in [6, 6.07) is 7.85. The lowest BCUT2D eigenvalue weighted by molar-refractivity contribution is 1.32. The van der Waals surface area contributed by atoms with Crippen molar-refractivity contribution in [1.29, 1.82) is 5.26 Å². The van der Waals surface area contributed by atoms with Crippen molar-refractivity contribution < 1.29 is 0 Å². The molecule has 70 valence electrons. The first-order valence-corrected chi connectivity index (χ1v) is 5.45. The van der Waals surface area contributed by atoms with Crippen LogP contribution in [0.5, 0.6) is 0 Å². The summed E-state index contributed by atoms with van der Waals surface area (Å²) >= 11 is 3.31. The number of nitrogens with zero attached hydrogens (tertiary/aromatic N) is 1. The Morgan fingerprint density at radius 3 is 2.86 bits per heavy atom. The summed E-state index contributed by atoms with van der Waals surface area (Å²) in [4.78, 5) is 0. The highest BCUT2D eigenvalue weighted by Crippen LogP contribution is 2.08. The zero-order valence-electron chi connectivity index (χ0n) is 7.97. The van der Waals surface area contributed by atoms with Crippen LogP contribution in [0.3, 0.4) is 0 Å². The topological polar surface area (TPSA) is 23.8 Å². The summed E-state index contributed by atoms with van der Waals surface area (Å²) < 4.78 is 0. The molecule has 1 nitrogen and oxygen atoms in total. The van der Waals surface area contributed by atoms with Gasteiger partial charge in [-0.2, -0.15) is 5.26 Å². The standard InChI is InChI=1S/C12H10BrN/c1-10-5-6-11(4-2-3-7-13)8-12(10)9-14/h5-6,8H,3,7H2,1H3. The van der Waals surface area contributed by atoms with Crippen molar-refractivity contribution in [2.75, 3.05) is 5.33 Å². The minimum Gasteiger partial charge on any atom is -0.192 e. The molecular formula is C12H10BrN. The van der Waals surface area contributed by atoms with Crippen molar-refractivity contribution in [1.82, 2.24) is 0 Å². The Hall–Kier alpha value is -1.25. The molecule has 0 unspecified atom stereocenters. The van der Waals surface area contributed by atoms with Crippen LogP contribution in [0.2, 0.25) is 0 Å². The van der Waals surface area contributed by atoms with Gasteiger partial charge in [-0.1, -0.05) is 33.8 Å². The van der Waals surface area contributed by atoms with Crippen molar-refractivity contribution in [2.24, 2.45) is 0 Å². The van der Waals surface area contributed by atoms with Gasteiger partial charge in [-0.15, -0.1) is 0 Å². The molecule has 0 N–H and O–H groups in total. The van der Waals surface area contributed by atoms with Crippen LogP contribution in [0.15, 0.2) is 18.2 Å². The van der Waals surface area contributed by atoms with E-state index < -0.39 is 0 Å². The largest absolute Gasteiger partial charge is 0.192 e. The Kier molecular flexibility index (Phi) is 4.23. The van der Waals surface area contributed by atoms with Crippen molar-refractivity contribution in [3.05, 3.63) is 34.9 Å². The molecule has 0 saturated heterocycles. The molecule has 2 heteroatoms. The van der Waals surface area contributed by atoms with Crippen LogP contribution in [-0.4, -0.2) is 5.33 Å². The average Bonchev–Trinajstić information content (AvgIpc) is 2.21. The predicted molar refractivity (Wildman–Crippen MR) is 61.2 cm³/mol. The molecule has 14 heavy (non-hydrogen) atoms. The molecule has 0 aliphatic rings. The minimum atomic E-state index is 0.704. The Morgan fingerprint density at radius 1 is 1.43 bits per heavy atom. The predicted octanol–water partition coefficient (Wildman–Crippen LogP) is 3.00. The van der Waals surface area contributed by atoms with E-state index in [-0.39, 0.29) is 0 Å². The van der Waals surface area contributed by atoms with E-state index in [4.69, 9.17) is 5.26 Å². The second kappa shape index (κ2) is 5.47. The second-order valence-corrected chi connectivity index (χ2v) is 3.68. The van der Waals surface area contributed by atoms with Gasteiger partial charge in [-0.3, -0.25) is 0 Å². The highest BCUT2D eigenvalue weighted by Gasteiger charge is 1.96. The van der Waals surface area contributed by atoms with Gasteiger partial charge in [-0.05, 0) is 24.6 Å². The van der Waals surface area contributed by atoms with Crippen molar-refractivity contribution in [3.8, 4) is 17.9 Å². The van der Waals surface area contributed by atoms with Crippen molar-refractivity contribution >= 4 is 15.9 Å². The van der Waals surface area contributed by atoms with Gasteiger partial charge in [0.1, 0.15) is 0 Å². The number of alkyl halides is 1. The van der Waals surface area contributed by atoms with Crippen molar-refractivity contribution in [2.45, 2.75) is 13.3 Å². The first kappa shape index (κ1) is 10.8. The van der Waals surface area contributed by atoms with Gasteiger partial charge in [0.2, 0.25) is 0 Å². The highest BCUT2D eigenvalue weighted by molar-refractivity contribution is 9.09. The summed E-state index contributed by atoms with van der Waals surface area (Å²) in [6.07, 6.45) is 0.829. The lowest BCUT2D eigenvalue weighted by Gasteiger charge is -1.96. The SMILES string of the molecule is Cc1ccc(C#CCCBr)cc1C#N. The molecule has 0 saturated carbocycles. The third kappa shape index (κ3) is 2.91. The van der Waals surface area contributed by atoms with E-state index in [0.717, 1.165) is 22.9 Å². The van der Waals surface area contributed by atoms with E-state index >= 15 is 0 Å². The van der Waals surface area contributed by atoms with Crippen LogP contribution >= 0.6 is 15.9 Å². The highest BCUT2D eigenvalue weighted by atomic mass is 79.9. The zero-order chi connectivity index (χ0) is 10.4. The molecule has 0 heterocycles. The number of hydrogen-bond acceptors (Lipinski definition) is 1. The minimum absolute atomic E-state index is 0.704. The fourth-order valence-corrected chi connectivity index (χ4v) is 1.23. The van der Waals surface area contributed by atoms with Crippen LogP contribution < -0.4 is 0 Å². The number of benzene rings is 1. The second-order valence-electron chi connectivity index (χ2n) is 2.88. The van der Waals surface area contributed by atoms with Gasteiger partial charge < -0.3 is 0 Å². The number of halogens is 1. The normalized spacial score (nSPS) is 8.64. The molecule has 0 amide bonds. The first-order chi connectivity index (χ1) is 6.77. The molecule has 0 aliphatic heterocycles. The van der Waals surface area contributed by atoms with E-state index in [1.807, 2.05) is 25.1 Å².